The molecule has 0 rings (SSSR count). The van der Waals surface area contributed by atoms with Crippen LogP contribution in [0.15, 0.2) is 11.9 Å². The van der Waals surface area contributed by atoms with Crippen LogP contribution in [0.4, 0.5) is 0 Å². The fraction of sp³-hybridized carbons (Fsp3) is 0.875. The van der Waals surface area contributed by atoms with E-state index in [2.05, 4.69) is 39.6 Å². The van der Waals surface area contributed by atoms with E-state index >= 15 is 0 Å². The highest BCUT2D eigenvalue weighted by atomic mass is 31.2. The Kier molecular flexibility index (Phi) is 11.4. The lowest BCUT2D eigenvalue weighted by Crippen LogP contribution is -2.06. The quantitative estimate of drug-likeness (QED) is 0.379. The number of rotatable bonds is 11. The average molecular weight is 257 g/mol. The molecule has 1 heteroatoms. The molecule has 0 saturated carbocycles. The zero-order chi connectivity index (χ0) is 13.0. The van der Waals surface area contributed by atoms with E-state index in [-0.39, 0.29) is 0 Å². The van der Waals surface area contributed by atoms with Crippen LogP contribution in [0.1, 0.15) is 72.6 Å². The molecule has 0 N–H and O–H groups in total. The van der Waals surface area contributed by atoms with E-state index in [1.54, 1.807) is 0 Å². The van der Waals surface area contributed by atoms with E-state index in [9.17, 15) is 0 Å². The Morgan fingerprint density at radius 1 is 0.706 bits per heavy atom. The molecule has 0 aliphatic carbocycles. The van der Waals surface area contributed by atoms with Gasteiger partial charge < -0.3 is 0 Å². The molecule has 0 atom stereocenters. The smallest absolute Gasteiger partial charge is 0.0635 e. The first-order chi connectivity index (χ1) is 8.24. The van der Waals surface area contributed by atoms with E-state index in [1.807, 2.05) is 0 Å². The van der Waals surface area contributed by atoms with Crippen molar-refractivity contribution in [2.24, 2.45) is 0 Å². The summed E-state index contributed by atoms with van der Waals surface area (Å²) in [5.41, 5.74) is 0. The highest BCUT2D eigenvalue weighted by molar-refractivity contribution is 7.78. The second kappa shape index (κ2) is 11.3. The Labute approximate surface area is 111 Å². The molecule has 0 aromatic heterocycles. The zero-order valence-corrected chi connectivity index (χ0v) is 13.6. The van der Waals surface area contributed by atoms with Gasteiger partial charge in [0.25, 0.3) is 0 Å². The maximum atomic E-state index is 2.67. The van der Waals surface area contributed by atoms with Crippen LogP contribution in [0.5, 0.6) is 0 Å². The summed E-state index contributed by atoms with van der Waals surface area (Å²) in [4.78, 5) is 0. The van der Waals surface area contributed by atoms with Gasteiger partial charge in [-0.25, -0.2) is 0 Å². The second-order valence-electron chi connectivity index (χ2n) is 5.24. The Morgan fingerprint density at radius 2 is 1.12 bits per heavy atom. The van der Waals surface area contributed by atoms with Crippen molar-refractivity contribution in [3.8, 4) is 0 Å². The lowest BCUT2D eigenvalue weighted by Gasteiger charge is -2.24. The first kappa shape index (κ1) is 17.2. The number of unbranched alkanes of at least 4 members (excludes halogenated alkanes) is 3. The molecule has 0 bridgehead atoms. The van der Waals surface area contributed by atoms with Crippen molar-refractivity contribution in [1.82, 2.24) is 0 Å². The standard InChI is InChI=1S/C16H34P/c1-5-9-13-17(14-10-6-2,15-11-7-3)16-12-8-4/h9,13H,5-8,10-12,14-16H2,1-4H3/q+1/b13-9+. The lowest BCUT2D eigenvalue weighted by atomic mass is 10.4. The average Bonchev–Trinajstić information content (AvgIpc) is 2.37. The molecule has 0 nitrogen and oxygen atoms in total. The first-order valence-corrected chi connectivity index (χ1v) is 10.2. The second-order valence-corrected chi connectivity index (χ2v) is 9.32. The molecule has 0 fully saturated rings. The highest BCUT2D eigenvalue weighted by Gasteiger charge is 2.32. The van der Waals surface area contributed by atoms with E-state index in [0.717, 1.165) is 0 Å². The molecular weight excluding hydrogens is 223 g/mol. The maximum Gasteiger partial charge on any atom is 0.0635 e. The van der Waals surface area contributed by atoms with Crippen LogP contribution in [0.3, 0.4) is 0 Å². The predicted octanol–water partition coefficient (Wildman–Crippen LogP) is 6.33. The van der Waals surface area contributed by atoms with Crippen LogP contribution in [-0.2, 0) is 0 Å². The van der Waals surface area contributed by atoms with Gasteiger partial charge >= 0.3 is 0 Å². The van der Waals surface area contributed by atoms with Crippen molar-refractivity contribution in [1.29, 1.82) is 0 Å². The minimum Gasteiger partial charge on any atom is -0.0652 e. The third-order valence-corrected chi connectivity index (χ3v) is 7.99. The predicted molar refractivity (Wildman–Crippen MR) is 85.7 cm³/mol. The van der Waals surface area contributed by atoms with Gasteiger partial charge in [0.05, 0.1) is 24.3 Å². The molecule has 0 heterocycles. The summed E-state index contributed by atoms with van der Waals surface area (Å²) in [6.45, 7) is 9.26. The highest BCUT2D eigenvalue weighted by Crippen LogP contribution is 2.62. The Balaban J connectivity index is 4.57. The van der Waals surface area contributed by atoms with Crippen LogP contribution in [0.25, 0.3) is 0 Å². The Hall–Kier alpha value is 0.170. The van der Waals surface area contributed by atoms with Crippen molar-refractivity contribution in [3.05, 3.63) is 11.9 Å². The van der Waals surface area contributed by atoms with E-state index in [0.29, 0.717) is 0 Å². The zero-order valence-electron chi connectivity index (χ0n) is 12.7. The SMILES string of the molecule is CC/C=C/[P+](CCCC)(CCCC)CCCC. The summed E-state index contributed by atoms with van der Waals surface area (Å²) in [7, 11) is -0.743. The summed E-state index contributed by atoms with van der Waals surface area (Å²) in [6.07, 6.45) is 16.6. The summed E-state index contributed by atoms with van der Waals surface area (Å²) in [5.74, 6) is 2.67. The van der Waals surface area contributed by atoms with Crippen LogP contribution >= 0.6 is 7.26 Å². The first-order valence-electron chi connectivity index (χ1n) is 7.78. The fourth-order valence-electron chi connectivity index (χ4n) is 2.31. The number of hydrogen-bond donors (Lipinski definition) is 0. The summed E-state index contributed by atoms with van der Waals surface area (Å²) < 4.78 is 0. The number of hydrogen-bond acceptors (Lipinski definition) is 0. The van der Waals surface area contributed by atoms with Gasteiger partial charge in [0.1, 0.15) is 0 Å². The molecule has 0 aliphatic heterocycles. The van der Waals surface area contributed by atoms with Crippen LogP contribution in [0, 0.1) is 0 Å². The molecule has 0 radical (unpaired) electrons. The van der Waals surface area contributed by atoms with Crippen LogP contribution in [-0.4, -0.2) is 18.5 Å². The molecule has 0 spiro atoms. The lowest BCUT2D eigenvalue weighted by molar-refractivity contribution is 0.840. The third kappa shape index (κ3) is 7.98. The van der Waals surface area contributed by atoms with Crippen molar-refractivity contribution in [3.63, 3.8) is 0 Å². The van der Waals surface area contributed by atoms with Crippen LogP contribution < -0.4 is 0 Å². The van der Waals surface area contributed by atoms with Gasteiger partial charge in [0.15, 0.2) is 0 Å². The van der Waals surface area contributed by atoms with Crippen molar-refractivity contribution >= 4 is 7.26 Å². The fourth-order valence-corrected chi connectivity index (χ4v) is 6.92. The molecule has 0 saturated heterocycles. The van der Waals surface area contributed by atoms with Gasteiger partial charge in [0.2, 0.25) is 0 Å². The molecule has 17 heavy (non-hydrogen) atoms. The van der Waals surface area contributed by atoms with E-state index in [1.165, 1.54) is 63.4 Å². The topological polar surface area (TPSA) is 0 Å². The molecule has 0 aromatic carbocycles. The van der Waals surface area contributed by atoms with Gasteiger partial charge in [0, 0.05) is 7.26 Å². The largest absolute Gasteiger partial charge is 0.0652 e. The maximum absolute atomic E-state index is 2.67. The van der Waals surface area contributed by atoms with Gasteiger partial charge in [-0.15, -0.1) is 0 Å². The molecule has 0 aliphatic rings. The van der Waals surface area contributed by atoms with Crippen molar-refractivity contribution < 1.29 is 0 Å². The minimum atomic E-state index is -0.743. The molecule has 102 valence electrons. The number of allylic oxidation sites excluding steroid dienone is 1. The van der Waals surface area contributed by atoms with Crippen molar-refractivity contribution in [2.45, 2.75) is 72.6 Å². The molecule has 0 amide bonds. The van der Waals surface area contributed by atoms with Gasteiger partial charge in [-0.1, -0.05) is 47.0 Å². The molecule has 0 aromatic rings. The summed E-state index contributed by atoms with van der Waals surface area (Å²) >= 11 is 0. The molecule has 0 unspecified atom stereocenters. The van der Waals surface area contributed by atoms with Gasteiger partial charge in [-0.2, -0.15) is 0 Å². The van der Waals surface area contributed by atoms with Crippen LogP contribution in [0.2, 0.25) is 0 Å². The third-order valence-electron chi connectivity index (χ3n) is 3.53. The Morgan fingerprint density at radius 3 is 1.41 bits per heavy atom. The van der Waals surface area contributed by atoms with Gasteiger partial charge in [-0.05, 0) is 31.8 Å². The normalized spacial score (nSPS) is 12.5. The Bertz CT molecular complexity index is 162. The van der Waals surface area contributed by atoms with Gasteiger partial charge in [-0.3, -0.25) is 0 Å². The van der Waals surface area contributed by atoms with E-state index < -0.39 is 7.26 Å². The summed E-state index contributed by atoms with van der Waals surface area (Å²) in [6, 6.07) is 0. The summed E-state index contributed by atoms with van der Waals surface area (Å²) in [5, 5.41) is 0. The van der Waals surface area contributed by atoms with Crippen molar-refractivity contribution in [2.75, 3.05) is 18.5 Å². The monoisotopic (exact) mass is 257 g/mol. The minimum absolute atomic E-state index is 0.743. The van der Waals surface area contributed by atoms with E-state index in [4.69, 9.17) is 0 Å². The molecular formula is C16H34P+.